The van der Waals surface area contributed by atoms with E-state index in [1.165, 1.54) is 0 Å². The zero-order valence-electron chi connectivity index (χ0n) is 15.2. The van der Waals surface area contributed by atoms with Crippen LogP contribution in [-0.2, 0) is 9.59 Å². The average molecular weight is 417 g/mol. The third-order valence-corrected chi connectivity index (χ3v) is 4.62. The summed E-state index contributed by atoms with van der Waals surface area (Å²) in [5.74, 6) is -0.843. The number of nitrogens with zero attached hydrogens (tertiary/aromatic N) is 1. The summed E-state index contributed by atoms with van der Waals surface area (Å²) in [6.07, 6.45) is 1.50. The maximum absolute atomic E-state index is 12.6. The molecule has 1 aromatic carbocycles. The maximum Gasteiger partial charge on any atom is 0.251 e. The lowest BCUT2D eigenvalue weighted by atomic mass is 9.96. The Hall–Kier alpha value is -1.83. The third-order valence-electron chi connectivity index (χ3n) is 4.37. The van der Waals surface area contributed by atoms with Gasteiger partial charge in [0.25, 0.3) is 5.91 Å². The lowest BCUT2D eigenvalue weighted by Gasteiger charge is -2.33. The predicted octanol–water partition coefficient (Wildman–Crippen LogP) is 1.19. The molecule has 1 aliphatic rings. The number of hydrogen-bond donors (Lipinski definition) is 3. The van der Waals surface area contributed by atoms with Crippen LogP contribution in [0.25, 0.3) is 0 Å². The van der Waals surface area contributed by atoms with Gasteiger partial charge in [-0.05, 0) is 44.0 Å². The zero-order valence-corrected chi connectivity index (χ0v) is 16.8. The minimum atomic E-state index is -0.677. The highest BCUT2D eigenvalue weighted by Gasteiger charge is 2.30. The molecule has 1 fully saturated rings. The largest absolute Gasteiger partial charge is 0.355 e. The average Bonchev–Trinajstić information content (AvgIpc) is 2.65. The van der Waals surface area contributed by atoms with E-state index in [-0.39, 0.29) is 36.0 Å². The molecule has 0 aromatic heterocycles. The topological polar surface area (TPSA) is 105 Å². The van der Waals surface area contributed by atoms with Crippen molar-refractivity contribution in [1.29, 1.82) is 0 Å². The van der Waals surface area contributed by atoms with Crippen molar-refractivity contribution in [2.75, 3.05) is 26.2 Å². The van der Waals surface area contributed by atoms with Crippen LogP contribution in [0, 0.1) is 5.92 Å². The molecule has 0 saturated carbocycles. The van der Waals surface area contributed by atoms with Crippen molar-refractivity contribution in [3.8, 4) is 0 Å². The van der Waals surface area contributed by atoms with Crippen molar-refractivity contribution in [2.45, 2.75) is 25.8 Å². The summed E-state index contributed by atoms with van der Waals surface area (Å²) >= 11 is 5.81. The summed E-state index contributed by atoms with van der Waals surface area (Å²) in [6, 6.07) is 5.78. The van der Waals surface area contributed by atoms with Gasteiger partial charge in [-0.25, -0.2) is 0 Å². The van der Waals surface area contributed by atoms with Gasteiger partial charge in [0.15, 0.2) is 0 Å². The number of likely N-dealkylation sites (tertiary alicyclic amines) is 1. The molecular formula is C18H26Cl2N4O3. The number of rotatable bonds is 6. The van der Waals surface area contributed by atoms with Gasteiger partial charge in [-0.15, -0.1) is 12.4 Å². The molecule has 150 valence electrons. The summed E-state index contributed by atoms with van der Waals surface area (Å²) in [7, 11) is 0. The summed E-state index contributed by atoms with van der Waals surface area (Å²) < 4.78 is 0. The van der Waals surface area contributed by atoms with Crippen LogP contribution in [-0.4, -0.2) is 54.8 Å². The lowest BCUT2D eigenvalue weighted by molar-refractivity contribution is -0.137. The molecule has 0 bridgehead atoms. The second-order valence-corrected chi connectivity index (χ2v) is 6.84. The lowest BCUT2D eigenvalue weighted by Crippen LogP contribution is -2.52. The van der Waals surface area contributed by atoms with Gasteiger partial charge in [0.05, 0.1) is 5.92 Å². The Labute approximate surface area is 170 Å². The molecule has 4 N–H and O–H groups in total. The van der Waals surface area contributed by atoms with Crippen LogP contribution >= 0.6 is 24.0 Å². The molecule has 1 aliphatic heterocycles. The second-order valence-electron chi connectivity index (χ2n) is 6.41. The summed E-state index contributed by atoms with van der Waals surface area (Å²) in [4.78, 5) is 38.6. The van der Waals surface area contributed by atoms with E-state index < -0.39 is 6.04 Å². The molecule has 3 amide bonds. The highest BCUT2D eigenvalue weighted by atomic mass is 35.5. The van der Waals surface area contributed by atoms with E-state index in [9.17, 15) is 14.4 Å². The first-order valence-electron chi connectivity index (χ1n) is 8.75. The molecule has 0 aliphatic carbocycles. The summed E-state index contributed by atoms with van der Waals surface area (Å²) in [5.41, 5.74) is 5.83. The third kappa shape index (κ3) is 6.68. The van der Waals surface area contributed by atoms with Crippen LogP contribution in [0.2, 0.25) is 5.02 Å². The van der Waals surface area contributed by atoms with Crippen molar-refractivity contribution >= 4 is 41.7 Å². The summed E-state index contributed by atoms with van der Waals surface area (Å²) in [6.45, 7) is 3.40. The van der Waals surface area contributed by atoms with Crippen LogP contribution < -0.4 is 16.4 Å². The number of piperidine rings is 1. The highest BCUT2D eigenvalue weighted by Crippen LogP contribution is 2.17. The molecular weight excluding hydrogens is 391 g/mol. The second kappa shape index (κ2) is 11.1. The number of nitrogens with two attached hydrogens (primary N) is 1. The fraction of sp³-hybridized carbons (Fsp3) is 0.500. The molecule has 2 unspecified atom stereocenters. The normalized spacial score (nSPS) is 17.4. The van der Waals surface area contributed by atoms with Crippen LogP contribution in [0.15, 0.2) is 24.3 Å². The van der Waals surface area contributed by atoms with Gasteiger partial charge in [0.1, 0.15) is 6.04 Å². The zero-order chi connectivity index (χ0) is 19.1. The fourth-order valence-electron chi connectivity index (χ4n) is 2.95. The Kier molecular flexibility index (Phi) is 9.55. The van der Waals surface area contributed by atoms with E-state index >= 15 is 0 Å². The van der Waals surface area contributed by atoms with Crippen LogP contribution in [0.3, 0.4) is 0 Å². The first kappa shape index (κ1) is 23.2. The molecule has 2 rings (SSSR count). The van der Waals surface area contributed by atoms with Gasteiger partial charge in [-0.3, -0.25) is 14.4 Å². The Morgan fingerprint density at radius 3 is 2.59 bits per heavy atom. The number of nitrogens with one attached hydrogen (secondary N) is 2. The summed E-state index contributed by atoms with van der Waals surface area (Å²) in [5, 5.41) is 6.01. The van der Waals surface area contributed by atoms with Crippen molar-refractivity contribution in [1.82, 2.24) is 15.5 Å². The van der Waals surface area contributed by atoms with Crippen molar-refractivity contribution in [2.24, 2.45) is 11.7 Å². The van der Waals surface area contributed by atoms with Gasteiger partial charge in [0, 0.05) is 36.8 Å². The Balaban J connectivity index is 0.00000364. The van der Waals surface area contributed by atoms with Gasteiger partial charge in [-0.1, -0.05) is 11.6 Å². The number of halogens is 2. The fourth-order valence-corrected chi connectivity index (χ4v) is 3.07. The molecule has 0 radical (unpaired) electrons. The van der Waals surface area contributed by atoms with Gasteiger partial charge >= 0.3 is 0 Å². The van der Waals surface area contributed by atoms with Crippen molar-refractivity contribution in [3.63, 3.8) is 0 Å². The Bertz CT molecular complexity index is 655. The molecule has 27 heavy (non-hydrogen) atoms. The van der Waals surface area contributed by atoms with E-state index in [0.29, 0.717) is 36.8 Å². The first-order valence-corrected chi connectivity index (χ1v) is 9.13. The van der Waals surface area contributed by atoms with Crippen LogP contribution in [0.5, 0.6) is 0 Å². The molecule has 2 atom stereocenters. The number of carbonyl (C=O) groups excluding carboxylic acids is 3. The number of carbonyl (C=O) groups is 3. The number of amides is 3. The predicted molar refractivity (Wildman–Crippen MR) is 107 cm³/mol. The smallest absolute Gasteiger partial charge is 0.251 e. The van der Waals surface area contributed by atoms with E-state index in [1.807, 2.05) is 0 Å². The molecule has 1 saturated heterocycles. The molecule has 1 aromatic rings. The SMILES string of the molecule is CC(NC(=O)c1ccc(Cl)cc1)C(=O)N1CCCC(C(=O)NCCN)C1.Cl. The van der Waals surface area contributed by atoms with Gasteiger partial charge < -0.3 is 21.3 Å². The molecule has 0 spiro atoms. The van der Waals surface area contributed by atoms with Crippen LogP contribution in [0.4, 0.5) is 0 Å². The number of benzene rings is 1. The minimum Gasteiger partial charge on any atom is -0.355 e. The highest BCUT2D eigenvalue weighted by molar-refractivity contribution is 6.30. The molecule has 7 nitrogen and oxygen atoms in total. The maximum atomic E-state index is 12.6. The Morgan fingerprint density at radius 2 is 1.96 bits per heavy atom. The first-order chi connectivity index (χ1) is 12.4. The van der Waals surface area contributed by atoms with Gasteiger partial charge in [0.2, 0.25) is 11.8 Å². The molecule has 9 heteroatoms. The molecule has 1 heterocycles. The standard InChI is InChI=1S/C18H25ClN4O3.ClH/c1-12(22-17(25)13-4-6-15(19)7-5-13)18(26)23-10-2-3-14(11-23)16(24)21-9-8-20;/h4-7,12,14H,2-3,8-11,20H2,1H3,(H,21,24)(H,22,25);1H. The van der Waals surface area contributed by atoms with Gasteiger partial charge in [-0.2, -0.15) is 0 Å². The quantitative estimate of drug-likeness (QED) is 0.647. The number of hydrogen-bond acceptors (Lipinski definition) is 4. The Morgan fingerprint density at radius 1 is 1.30 bits per heavy atom. The van der Waals surface area contributed by atoms with E-state index in [4.69, 9.17) is 17.3 Å². The minimum absolute atomic E-state index is 0. The van der Waals surface area contributed by atoms with Crippen LogP contribution in [0.1, 0.15) is 30.1 Å². The van der Waals surface area contributed by atoms with Crippen molar-refractivity contribution < 1.29 is 14.4 Å². The van der Waals surface area contributed by atoms with E-state index in [1.54, 1.807) is 36.1 Å². The van der Waals surface area contributed by atoms with E-state index in [2.05, 4.69) is 10.6 Å². The monoisotopic (exact) mass is 416 g/mol. The van der Waals surface area contributed by atoms with E-state index in [0.717, 1.165) is 12.8 Å². The van der Waals surface area contributed by atoms with Crippen molar-refractivity contribution in [3.05, 3.63) is 34.9 Å².